The number of halogens is 1. The van der Waals surface area contributed by atoms with Gasteiger partial charge < -0.3 is 14.7 Å². The van der Waals surface area contributed by atoms with Crippen molar-refractivity contribution in [1.82, 2.24) is 15.2 Å². The number of rotatable bonds is 4. The number of carbonyl (C=O) groups excluding carboxylic acids is 1. The number of aromatic amines is 1. The van der Waals surface area contributed by atoms with Crippen LogP contribution in [0.15, 0.2) is 71.3 Å². The van der Waals surface area contributed by atoms with Crippen LogP contribution in [0.25, 0.3) is 23.0 Å². The Bertz CT molecular complexity index is 1060. The summed E-state index contributed by atoms with van der Waals surface area (Å²) in [6.07, 6.45) is 1.76. The summed E-state index contributed by atoms with van der Waals surface area (Å²) in [6.45, 7) is 0. The van der Waals surface area contributed by atoms with Gasteiger partial charge in [0.15, 0.2) is 0 Å². The minimum atomic E-state index is -0.575. The molecule has 0 atom stereocenters. The quantitative estimate of drug-likeness (QED) is 0.581. The molecule has 0 aliphatic heterocycles. The molecule has 6 nitrogen and oxygen atoms in total. The Morgan fingerprint density at radius 2 is 1.85 bits per heavy atom. The Hall–Kier alpha value is -3.74. The SMILES string of the molecule is O=C(Nc1cccc(-c2nnc(-c3ccc[nH]3)o2)c1)c1ccccc1F. The zero-order valence-electron chi connectivity index (χ0n) is 13.4. The number of nitrogens with one attached hydrogen (secondary N) is 2. The summed E-state index contributed by atoms with van der Waals surface area (Å²) in [5, 5.41) is 10.7. The molecule has 2 aromatic heterocycles. The van der Waals surface area contributed by atoms with Crippen LogP contribution in [0.1, 0.15) is 10.4 Å². The molecular formula is C19H13FN4O2. The highest BCUT2D eigenvalue weighted by molar-refractivity contribution is 6.04. The van der Waals surface area contributed by atoms with Crippen LogP contribution < -0.4 is 5.32 Å². The Labute approximate surface area is 147 Å². The molecule has 4 aromatic rings. The smallest absolute Gasteiger partial charge is 0.264 e. The van der Waals surface area contributed by atoms with Gasteiger partial charge in [0.05, 0.1) is 5.56 Å². The molecule has 0 bridgehead atoms. The van der Waals surface area contributed by atoms with E-state index in [1.54, 1.807) is 36.5 Å². The lowest BCUT2D eigenvalue weighted by molar-refractivity contribution is 0.102. The number of anilines is 1. The van der Waals surface area contributed by atoms with Crippen molar-refractivity contribution in [3.8, 4) is 23.0 Å². The number of H-pyrrole nitrogens is 1. The number of nitrogens with zero attached hydrogens (tertiary/aromatic N) is 2. The first-order valence-corrected chi connectivity index (χ1v) is 7.84. The van der Waals surface area contributed by atoms with Crippen LogP contribution in [-0.2, 0) is 0 Å². The Kier molecular flexibility index (Phi) is 4.03. The molecule has 2 heterocycles. The molecule has 0 saturated heterocycles. The summed E-state index contributed by atoms with van der Waals surface area (Å²) >= 11 is 0. The van der Waals surface area contributed by atoms with Gasteiger partial charge in [-0.3, -0.25) is 4.79 Å². The summed E-state index contributed by atoms with van der Waals surface area (Å²) in [5.41, 5.74) is 1.83. The van der Waals surface area contributed by atoms with Crippen molar-refractivity contribution in [3.63, 3.8) is 0 Å². The number of amides is 1. The average Bonchev–Trinajstić information content (AvgIpc) is 3.34. The van der Waals surface area contributed by atoms with E-state index in [1.165, 1.54) is 18.2 Å². The van der Waals surface area contributed by atoms with Crippen molar-refractivity contribution < 1.29 is 13.6 Å². The molecule has 4 rings (SSSR count). The molecule has 0 radical (unpaired) electrons. The molecular weight excluding hydrogens is 335 g/mol. The van der Waals surface area contributed by atoms with Crippen molar-refractivity contribution in [3.05, 3.63) is 78.2 Å². The molecule has 0 saturated carbocycles. The topological polar surface area (TPSA) is 83.8 Å². The van der Waals surface area contributed by atoms with E-state index in [0.717, 1.165) is 0 Å². The fourth-order valence-corrected chi connectivity index (χ4v) is 2.49. The van der Waals surface area contributed by atoms with E-state index >= 15 is 0 Å². The number of aromatic nitrogens is 3. The van der Waals surface area contributed by atoms with Crippen LogP contribution in [0.3, 0.4) is 0 Å². The predicted molar refractivity (Wildman–Crippen MR) is 93.9 cm³/mol. The second-order valence-corrected chi connectivity index (χ2v) is 5.51. The van der Waals surface area contributed by atoms with Gasteiger partial charge in [0, 0.05) is 17.4 Å². The van der Waals surface area contributed by atoms with Crippen molar-refractivity contribution >= 4 is 11.6 Å². The molecule has 2 N–H and O–H groups in total. The third-order valence-electron chi connectivity index (χ3n) is 3.74. The minimum Gasteiger partial charge on any atom is -0.415 e. The van der Waals surface area contributed by atoms with Crippen LogP contribution in [-0.4, -0.2) is 21.1 Å². The summed E-state index contributed by atoms with van der Waals surface area (Å²) in [5.74, 6) is -0.422. The molecule has 26 heavy (non-hydrogen) atoms. The molecule has 0 aliphatic carbocycles. The Morgan fingerprint density at radius 1 is 1.00 bits per heavy atom. The van der Waals surface area contributed by atoms with Crippen molar-refractivity contribution in [2.24, 2.45) is 0 Å². The summed E-state index contributed by atoms with van der Waals surface area (Å²) < 4.78 is 19.4. The van der Waals surface area contributed by atoms with Gasteiger partial charge in [-0.2, -0.15) is 0 Å². The maximum Gasteiger partial charge on any atom is 0.264 e. The maximum absolute atomic E-state index is 13.7. The van der Waals surface area contributed by atoms with Gasteiger partial charge in [-0.15, -0.1) is 10.2 Å². The molecule has 0 fully saturated rings. The zero-order valence-corrected chi connectivity index (χ0v) is 13.4. The highest BCUT2D eigenvalue weighted by Gasteiger charge is 2.14. The van der Waals surface area contributed by atoms with Crippen LogP contribution in [0.5, 0.6) is 0 Å². The maximum atomic E-state index is 13.7. The Balaban J connectivity index is 1.57. The Morgan fingerprint density at radius 3 is 2.65 bits per heavy atom. The van der Waals surface area contributed by atoms with E-state index in [0.29, 0.717) is 28.7 Å². The summed E-state index contributed by atoms with van der Waals surface area (Å²) in [4.78, 5) is 15.2. The van der Waals surface area contributed by atoms with Gasteiger partial charge in [-0.1, -0.05) is 18.2 Å². The van der Waals surface area contributed by atoms with E-state index < -0.39 is 11.7 Å². The fourth-order valence-electron chi connectivity index (χ4n) is 2.49. The number of hydrogen-bond acceptors (Lipinski definition) is 4. The van der Waals surface area contributed by atoms with E-state index in [1.807, 2.05) is 12.1 Å². The number of carbonyl (C=O) groups is 1. The van der Waals surface area contributed by atoms with Gasteiger partial charge in [0.2, 0.25) is 5.89 Å². The first-order chi connectivity index (χ1) is 12.7. The van der Waals surface area contributed by atoms with Crippen molar-refractivity contribution in [2.45, 2.75) is 0 Å². The highest BCUT2D eigenvalue weighted by atomic mass is 19.1. The zero-order chi connectivity index (χ0) is 17.9. The first-order valence-electron chi connectivity index (χ1n) is 7.84. The second-order valence-electron chi connectivity index (χ2n) is 5.51. The molecule has 0 aliphatic rings. The molecule has 0 unspecified atom stereocenters. The van der Waals surface area contributed by atoms with Crippen LogP contribution in [0.4, 0.5) is 10.1 Å². The standard InChI is InChI=1S/C19H13FN4O2/c20-15-8-2-1-7-14(15)17(25)22-13-6-3-5-12(11-13)18-23-24-19(26-18)16-9-4-10-21-16/h1-11,21H,(H,22,25). The molecule has 2 aromatic carbocycles. The first kappa shape index (κ1) is 15.8. The normalized spacial score (nSPS) is 10.7. The van der Waals surface area contributed by atoms with Crippen molar-refractivity contribution in [2.75, 3.05) is 5.32 Å². The summed E-state index contributed by atoms with van der Waals surface area (Å²) in [6, 6.07) is 16.4. The van der Waals surface area contributed by atoms with Gasteiger partial charge in [0.25, 0.3) is 11.8 Å². The fraction of sp³-hybridized carbons (Fsp3) is 0. The molecule has 0 spiro atoms. The highest BCUT2D eigenvalue weighted by Crippen LogP contribution is 2.25. The van der Waals surface area contributed by atoms with E-state index in [2.05, 4.69) is 20.5 Å². The van der Waals surface area contributed by atoms with Gasteiger partial charge in [0.1, 0.15) is 11.5 Å². The average molecular weight is 348 g/mol. The van der Waals surface area contributed by atoms with E-state index in [9.17, 15) is 9.18 Å². The predicted octanol–water partition coefficient (Wildman–Crippen LogP) is 4.12. The molecule has 1 amide bonds. The van der Waals surface area contributed by atoms with Gasteiger partial charge >= 0.3 is 0 Å². The second kappa shape index (κ2) is 6.64. The number of hydrogen-bond donors (Lipinski definition) is 2. The van der Waals surface area contributed by atoms with Crippen molar-refractivity contribution in [1.29, 1.82) is 0 Å². The van der Waals surface area contributed by atoms with Gasteiger partial charge in [-0.05, 0) is 42.5 Å². The van der Waals surface area contributed by atoms with Gasteiger partial charge in [-0.25, -0.2) is 4.39 Å². The lowest BCUT2D eigenvalue weighted by Crippen LogP contribution is -2.13. The van der Waals surface area contributed by atoms with E-state index in [4.69, 9.17) is 4.42 Å². The van der Waals surface area contributed by atoms with Crippen LogP contribution in [0.2, 0.25) is 0 Å². The monoisotopic (exact) mass is 348 g/mol. The third kappa shape index (κ3) is 3.10. The largest absolute Gasteiger partial charge is 0.415 e. The third-order valence-corrected chi connectivity index (χ3v) is 3.74. The lowest BCUT2D eigenvalue weighted by atomic mass is 10.1. The molecule has 7 heteroatoms. The number of benzene rings is 2. The van der Waals surface area contributed by atoms with E-state index in [-0.39, 0.29) is 5.56 Å². The lowest BCUT2D eigenvalue weighted by Gasteiger charge is -2.06. The van der Waals surface area contributed by atoms with Crippen LogP contribution in [0, 0.1) is 5.82 Å². The summed E-state index contributed by atoms with van der Waals surface area (Å²) in [7, 11) is 0. The van der Waals surface area contributed by atoms with Crippen LogP contribution >= 0.6 is 0 Å². The minimum absolute atomic E-state index is 0.0234. The molecule has 128 valence electrons.